The van der Waals surface area contributed by atoms with E-state index in [0.29, 0.717) is 18.0 Å². The fourth-order valence-corrected chi connectivity index (χ4v) is 3.10. The summed E-state index contributed by atoms with van der Waals surface area (Å²) in [5.41, 5.74) is 0.465. The molecule has 0 radical (unpaired) electrons. The van der Waals surface area contributed by atoms with E-state index in [9.17, 15) is 4.79 Å². The van der Waals surface area contributed by atoms with Crippen LogP contribution in [0.1, 0.15) is 39.5 Å². The number of carbonyl (C=O) groups is 1. The second kappa shape index (κ2) is 7.76. The maximum absolute atomic E-state index is 11.6. The Balaban J connectivity index is 1.80. The van der Waals surface area contributed by atoms with Gasteiger partial charge in [0.1, 0.15) is 0 Å². The highest BCUT2D eigenvalue weighted by molar-refractivity contribution is 5.89. The molecule has 0 bridgehead atoms. The predicted octanol–water partition coefficient (Wildman–Crippen LogP) is 1.74. The highest BCUT2D eigenvalue weighted by atomic mass is 16.5. The Labute approximate surface area is 139 Å². The normalized spacial score (nSPS) is 23.7. The van der Waals surface area contributed by atoms with Gasteiger partial charge in [0, 0.05) is 37.6 Å². The van der Waals surface area contributed by atoms with Crippen molar-refractivity contribution in [2.75, 3.05) is 20.2 Å². The zero-order valence-corrected chi connectivity index (χ0v) is 14.3. The third-order valence-electron chi connectivity index (χ3n) is 4.76. The van der Waals surface area contributed by atoms with Crippen LogP contribution in [0.2, 0.25) is 0 Å². The van der Waals surface area contributed by atoms with Crippen molar-refractivity contribution in [2.45, 2.75) is 57.2 Å². The number of likely N-dealkylation sites (tertiary alicyclic amines) is 1. The Morgan fingerprint density at radius 2 is 2.13 bits per heavy atom. The molecule has 0 aromatic heterocycles. The lowest BCUT2D eigenvalue weighted by Gasteiger charge is -2.40. The van der Waals surface area contributed by atoms with Crippen molar-refractivity contribution in [3.05, 3.63) is 11.8 Å². The number of esters is 1. The first-order chi connectivity index (χ1) is 11.0. The summed E-state index contributed by atoms with van der Waals surface area (Å²) in [6.07, 6.45) is 12.8. The van der Waals surface area contributed by atoms with Crippen molar-refractivity contribution in [3.8, 4) is 12.3 Å². The van der Waals surface area contributed by atoms with E-state index < -0.39 is 0 Å². The van der Waals surface area contributed by atoms with Gasteiger partial charge in [-0.2, -0.15) is 0 Å². The number of hydrogen-bond acceptors (Lipinski definition) is 5. The van der Waals surface area contributed by atoms with Crippen molar-refractivity contribution in [2.24, 2.45) is 4.99 Å². The van der Waals surface area contributed by atoms with Gasteiger partial charge in [0.2, 0.25) is 0 Å². The van der Waals surface area contributed by atoms with Crippen LogP contribution in [0.4, 0.5) is 0 Å². The number of terminal acetylenes is 1. The zero-order valence-electron chi connectivity index (χ0n) is 14.3. The summed E-state index contributed by atoms with van der Waals surface area (Å²) in [6.45, 7) is 6.20. The molecule has 0 amide bonds. The van der Waals surface area contributed by atoms with Crippen LogP contribution in [-0.2, 0) is 9.53 Å². The Bertz CT molecular complexity index is 523. The SMILES string of the molecule is C#CC(C)(C)N1CCC(NC2C=NC=C(C(=O)OC)CC2)CC1. The van der Waals surface area contributed by atoms with Gasteiger partial charge in [0.05, 0.1) is 18.2 Å². The molecule has 0 aromatic carbocycles. The monoisotopic (exact) mass is 317 g/mol. The van der Waals surface area contributed by atoms with E-state index in [-0.39, 0.29) is 17.6 Å². The molecular weight excluding hydrogens is 290 g/mol. The topological polar surface area (TPSA) is 53.9 Å². The van der Waals surface area contributed by atoms with Crippen molar-refractivity contribution in [1.82, 2.24) is 10.2 Å². The highest BCUT2D eigenvalue weighted by Crippen LogP contribution is 2.21. The number of aliphatic imine (C=N–C) groups is 1. The highest BCUT2D eigenvalue weighted by Gasteiger charge is 2.29. The van der Waals surface area contributed by atoms with Crippen molar-refractivity contribution >= 4 is 12.2 Å². The average Bonchev–Trinajstić information content (AvgIpc) is 2.80. The minimum Gasteiger partial charge on any atom is -0.466 e. The van der Waals surface area contributed by atoms with E-state index >= 15 is 0 Å². The summed E-state index contributed by atoms with van der Waals surface area (Å²) in [6, 6.07) is 0.668. The van der Waals surface area contributed by atoms with Gasteiger partial charge < -0.3 is 10.1 Å². The van der Waals surface area contributed by atoms with Crippen LogP contribution in [0.5, 0.6) is 0 Å². The maximum Gasteiger partial charge on any atom is 0.335 e. The first-order valence-corrected chi connectivity index (χ1v) is 8.26. The summed E-state index contributed by atoms with van der Waals surface area (Å²) < 4.78 is 4.76. The lowest BCUT2D eigenvalue weighted by atomic mass is 9.96. The molecule has 0 spiro atoms. The van der Waals surface area contributed by atoms with Gasteiger partial charge in [-0.3, -0.25) is 9.89 Å². The standard InChI is InChI=1S/C18H27N3O2/c1-5-18(2,3)21-10-8-15(9-11-21)20-16-7-6-14(12-19-13-16)17(22)23-4/h1,12-13,15-16,20H,6-11H2,2-4H3. The first-order valence-electron chi connectivity index (χ1n) is 8.26. The molecule has 2 aliphatic heterocycles. The van der Waals surface area contributed by atoms with Crippen LogP contribution in [0.15, 0.2) is 16.8 Å². The number of nitrogens with zero attached hydrogens (tertiary/aromatic N) is 2. The summed E-state index contributed by atoms with van der Waals surface area (Å²) in [4.78, 5) is 18.2. The maximum atomic E-state index is 11.6. The molecule has 1 unspecified atom stereocenters. The van der Waals surface area contributed by atoms with Crippen molar-refractivity contribution in [3.63, 3.8) is 0 Å². The third-order valence-corrected chi connectivity index (χ3v) is 4.76. The Morgan fingerprint density at radius 3 is 2.74 bits per heavy atom. The summed E-state index contributed by atoms with van der Waals surface area (Å²) in [5, 5.41) is 3.65. The molecule has 2 heterocycles. The Kier molecular flexibility index (Phi) is 5.97. The smallest absolute Gasteiger partial charge is 0.335 e. The number of hydrogen-bond donors (Lipinski definition) is 1. The van der Waals surface area contributed by atoms with Crippen LogP contribution < -0.4 is 5.32 Å². The molecular formula is C18H27N3O2. The van der Waals surface area contributed by atoms with Crippen LogP contribution in [0, 0.1) is 12.3 Å². The van der Waals surface area contributed by atoms with E-state index in [1.165, 1.54) is 7.11 Å². The van der Waals surface area contributed by atoms with Gasteiger partial charge in [0.25, 0.3) is 0 Å². The molecule has 1 fully saturated rings. The molecule has 23 heavy (non-hydrogen) atoms. The number of carbonyl (C=O) groups excluding carboxylic acids is 1. The number of nitrogens with one attached hydrogen (secondary N) is 1. The molecule has 1 atom stereocenters. The molecule has 2 rings (SSSR count). The van der Waals surface area contributed by atoms with Gasteiger partial charge >= 0.3 is 5.97 Å². The molecule has 5 nitrogen and oxygen atoms in total. The van der Waals surface area contributed by atoms with E-state index in [0.717, 1.165) is 32.4 Å². The largest absolute Gasteiger partial charge is 0.466 e. The van der Waals surface area contributed by atoms with Gasteiger partial charge in [-0.25, -0.2) is 4.79 Å². The molecule has 0 saturated carbocycles. The fraction of sp³-hybridized carbons (Fsp3) is 0.667. The van der Waals surface area contributed by atoms with Gasteiger partial charge in [0.15, 0.2) is 0 Å². The zero-order chi connectivity index (χ0) is 16.9. The van der Waals surface area contributed by atoms with Crippen LogP contribution in [0.25, 0.3) is 0 Å². The number of rotatable bonds is 4. The predicted molar refractivity (Wildman–Crippen MR) is 92.3 cm³/mol. The quantitative estimate of drug-likeness (QED) is 0.634. The van der Waals surface area contributed by atoms with Gasteiger partial charge in [-0.05, 0) is 39.5 Å². The second-order valence-electron chi connectivity index (χ2n) is 6.72. The van der Waals surface area contributed by atoms with E-state index in [2.05, 4.69) is 35.0 Å². The summed E-state index contributed by atoms with van der Waals surface area (Å²) >= 11 is 0. The van der Waals surface area contributed by atoms with Gasteiger partial charge in [-0.15, -0.1) is 6.42 Å². The number of piperidine rings is 1. The second-order valence-corrected chi connectivity index (χ2v) is 6.72. The van der Waals surface area contributed by atoms with E-state index in [4.69, 9.17) is 11.2 Å². The third kappa shape index (κ3) is 4.66. The molecule has 1 N–H and O–H groups in total. The lowest BCUT2D eigenvalue weighted by Crippen LogP contribution is -2.52. The van der Waals surface area contributed by atoms with Crippen molar-refractivity contribution < 1.29 is 9.53 Å². The molecule has 0 aliphatic carbocycles. The summed E-state index contributed by atoms with van der Waals surface area (Å²) in [5.74, 6) is 2.59. The van der Waals surface area contributed by atoms with Gasteiger partial charge in [-0.1, -0.05) is 5.92 Å². The fourth-order valence-electron chi connectivity index (χ4n) is 3.10. The molecule has 5 heteroatoms. The molecule has 1 saturated heterocycles. The Morgan fingerprint density at radius 1 is 1.43 bits per heavy atom. The minimum absolute atomic E-state index is 0.173. The Hall–Kier alpha value is -1.64. The summed E-state index contributed by atoms with van der Waals surface area (Å²) in [7, 11) is 1.40. The van der Waals surface area contributed by atoms with Crippen LogP contribution in [-0.4, -0.2) is 54.9 Å². The average molecular weight is 317 g/mol. The number of ether oxygens (including phenoxy) is 1. The van der Waals surface area contributed by atoms with E-state index in [1.807, 2.05) is 6.21 Å². The van der Waals surface area contributed by atoms with Crippen LogP contribution >= 0.6 is 0 Å². The van der Waals surface area contributed by atoms with E-state index in [1.54, 1.807) is 6.20 Å². The molecule has 126 valence electrons. The van der Waals surface area contributed by atoms with Crippen molar-refractivity contribution in [1.29, 1.82) is 0 Å². The lowest BCUT2D eigenvalue weighted by molar-refractivity contribution is -0.136. The van der Waals surface area contributed by atoms with Crippen LogP contribution in [0.3, 0.4) is 0 Å². The molecule has 2 aliphatic rings. The number of methoxy groups -OCH3 is 1. The minimum atomic E-state index is -0.285. The first kappa shape index (κ1) is 17.7. The molecule has 0 aromatic rings.